The molecule has 1 saturated carbocycles. The van der Waals surface area contributed by atoms with Gasteiger partial charge in [0, 0.05) is 20.2 Å². The van der Waals surface area contributed by atoms with Crippen LogP contribution in [0.1, 0.15) is 62.1 Å². The molecule has 4 nitrogen and oxygen atoms in total. The molecule has 1 aromatic carbocycles. The van der Waals surface area contributed by atoms with Crippen LogP contribution in [0.25, 0.3) is 0 Å². The van der Waals surface area contributed by atoms with E-state index in [2.05, 4.69) is 32.0 Å². The second kappa shape index (κ2) is 7.14. The highest BCUT2D eigenvalue weighted by Crippen LogP contribution is 2.33. The molecule has 0 bridgehead atoms. The second-order valence-electron chi connectivity index (χ2n) is 7.41. The zero-order valence-corrected chi connectivity index (χ0v) is 15.8. The van der Waals surface area contributed by atoms with Gasteiger partial charge >= 0.3 is 0 Å². The summed E-state index contributed by atoms with van der Waals surface area (Å²) in [4.78, 5) is 0. The van der Waals surface area contributed by atoms with Crippen LogP contribution in [0.15, 0.2) is 18.2 Å². The number of sulfonamides is 1. The summed E-state index contributed by atoms with van der Waals surface area (Å²) in [5, 5.41) is -0.286. The molecule has 1 aromatic rings. The highest BCUT2D eigenvalue weighted by atomic mass is 32.2. The number of rotatable bonds is 4. The fourth-order valence-corrected chi connectivity index (χ4v) is 6.18. The van der Waals surface area contributed by atoms with E-state index < -0.39 is 10.0 Å². The summed E-state index contributed by atoms with van der Waals surface area (Å²) in [5.74, 6) is 0.476. The van der Waals surface area contributed by atoms with Crippen LogP contribution in [0.3, 0.4) is 0 Å². The van der Waals surface area contributed by atoms with Crippen LogP contribution in [0.2, 0.25) is 0 Å². The Morgan fingerprint density at radius 1 is 1.25 bits per heavy atom. The summed E-state index contributed by atoms with van der Waals surface area (Å²) in [6.07, 6.45) is 4.21. The molecule has 2 atom stereocenters. The van der Waals surface area contributed by atoms with E-state index in [4.69, 9.17) is 4.74 Å². The largest absolute Gasteiger partial charge is 0.381 e. The zero-order valence-electron chi connectivity index (χ0n) is 15.0. The molecule has 0 spiro atoms. The van der Waals surface area contributed by atoms with Gasteiger partial charge in [0.15, 0.2) is 0 Å². The van der Waals surface area contributed by atoms with E-state index in [1.165, 1.54) is 16.7 Å². The molecule has 1 aliphatic heterocycles. The molecule has 0 radical (unpaired) electrons. The topological polar surface area (TPSA) is 46.6 Å². The summed E-state index contributed by atoms with van der Waals surface area (Å²) < 4.78 is 33.3. The first-order valence-corrected chi connectivity index (χ1v) is 10.6. The molecule has 24 heavy (non-hydrogen) atoms. The van der Waals surface area contributed by atoms with Crippen molar-refractivity contribution in [2.75, 3.05) is 13.7 Å². The van der Waals surface area contributed by atoms with Gasteiger partial charge in [0.05, 0.1) is 11.4 Å². The molecule has 0 amide bonds. The fourth-order valence-electron chi connectivity index (χ4n) is 4.17. The van der Waals surface area contributed by atoms with Gasteiger partial charge < -0.3 is 4.74 Å². The first-order valence-electron chi connectivity index (χ1n) is 9.06. The maximum Gasteiger partial charge on any atom is 0.217 e. The van der Waals surface area contributed by atoms with E-state index in [0.717, 1.165) is 25.7 Å². The summed E-state index contributed by atoms with van der Waals surface area (Å²) in [7, 11) is -1.57. The highest BCUT2D eigenvalue weighted by molar-refractivity contribution is 7.89. The molecular weight excluding hydrogens is 322 g/mol. The van der Waals surface area contributed by atoms with Crippen molar-refractivity contribution < 1.29 is 13.2 Å². The van der Waals surface area contributed by atoms with E-state index in [1.807, 2.05) is 0 Å². The van der Waals surface area contributed by atoms with Crippen LogP contribution in [-0.2, 0) is 27.7 Å². The van der Waals surface area contributed by atoms with E-state index in [0.29, 0.717) is 25.4 Å². The molecule has 1 aliphatic carbocycles. The standard InChI is InChI=1S/C19H29NO3S/c1-14(2)18-9-4-6-15-13-20(11-10-19(15)18)24(21,22)17-8-5-7-16(12-17)23-3/h4,6,9,14,16-17H,5,7-8,10-13H2,1-3H3. The van der Waals surface area contributed by atoms with Crippen molar-refractivity contribution >= 4 is 10.0 Å². The van der Waals surface area contributed by atoms with Gasteiger partial charge in [-0.15, -0.1) is 0 Å². The van der Waals surface area contributed by atoms with Crippen molar-refractivity contribution in [3.05, 3.63) is 34.9 Å². The summed E-state index contributed by atoms with van der Waals surface area (Å²) in [6, 6.07) is 6.32. The number of hydrogen-bond acceptors (Lipinski definition) is 3. The third-order valence-electron chi connectivity index (χ3n) is 5.58. The average Bonchev–Trinajstić information content (AvgIpc) is 2.60. The maximum atomic E-state index is 13.1. The molecule has 2 unspecified atom stereocenters. The molecule has 0 N–H and O–H groups in total. The molecule has 134 valence electrons. The van der Waals surface area contributed by atoms with Gasteiger partial charge in [0.2, 0.25) is 10.0 Å². The van der Waals surface area contributed by atoms with Crippen molar-refractivity contribution in [2.24, 2.45) is 0 Å². The minimum Gasteiger partial charge on any atom is -0.381 e. The Bertz CT molecular complexity index is 684. The number of ether oxygens (including phenoxy) is 1. The Kier molecular flexibility index (Phi) is 5.33. The molecule has 2 aliphatic rings. The van der Waals surface area contributed by atoms with Crippen LogP contribution in [0.4, 0.5) is 0 Å². The zero-order chi connectivity index (χ0) is 17.3. The van der Waals surface area contributed by atoms with Gasteiger partial charge in [-0.1, -0.05) is 32.0 Å². The number of benzene rings is 1. The molecule has 3 rings (SSSR count). The van der Waals surface area contributed by atoms with Gasteiger partial charge in [-0.2, -0.15) is 4.31 Å². The van der Waals surface area contributed by atoms with Gasteiger partial charge in [-0.25, -0.2) is 8.42 Å². The first kappa shape index (κ1) is 17.9. The van der Waals surface area contributed by atoms with Crippen LogP contribution in [-0.4, -0.2) is 37.7 Å². The Morgan fingerprint density at radius 2 is 2.04 bits per heavy atom. The SMILES string of the molecule is COC1CCCC(S(=O)(=O)N2CCc3c(cccc3C(C)C)C2)C1. The van der Waals surface area contributed by atoms with Crippen LogP contribution in [0, 0.1) is 0 Å². The molecule has 5 heteroatoms. The van der Waals surface area contributed by atoms with Crippen molar-refractivity contribution in [1.82, 2.24) is 4.31 Å². The Morgan fingerprint density at radius 3 is 2.75 bits per heavy atom. The monoisotopic (exact) mass is 351 g/mol. The van der Waals surface area contributed by atoms with Crippen molar-refractivity contribution in [2.45, 2.75) is 69.8 Å². The molecule has 0 saturated heterocycles. The minimum absolute atomic E-state index is 0.0862. The second-order valence-corrected chi connectivity index (χ2v) is 9.63. The van der Waals surface area contributed by atoms with Crippen molar-refractivity contribution in [3.8, 4) is 0 Å². The lowest BCUT2D eigenvalue weighted by Crippen LogP contribution is -2.44. The Balaban J connectivity index is 1.81. The van der Waals surface area contributed by atoms with Crippen molar-refractivity contribution in [3.63, 3.8) is 0 Å². The lowest BCUT2D eigenvalue weighted by Gasteiger charge is -2.35. The highest BCUT2D eigenvalue weighted by Gasteiger charge is 2.37. The fraction of sp³-hybridized carbons (Fsp3) is 0.684. The summed E-state index contributed by atoms with van der Waals surface area (Å²) in [5.41, 5.74) is 3.90. The van der Waals surface area contributed by atoms with Crippen LogP contribution >= 0.6 is 0 Å². The number of methoxy groups -OCH3 is 1. The maximum absolute atomic E-state index is 13.1. The number of nitrogens with zero attached hydrogens (tertiary/aromatic N) is 1. The van der Waals surface area contributed by atoms with Gasteiger partial charge in [-0.05, 0) is 54.7 Å². The minimum atomic E-state index is -3.25. The molecule has 1 heterocycles. The van der Waals surface area contributed by atoms with Crippen LogP contribution in [0.5, 0.6) is 0 Å². The lowest BCUT2D eigenvalue weighted by atomic mass is 9.90. The molecular formula is C19H29NO3S. The quantitative estimate of drug-likeness (QED) is 0.835. The first-order chi connectivity index (χ1) is 11.4. The van der Waals surface area contributed by atoms with Gasteiger partial charge in [-0.3, -0.25) is 0 Å². The molecule has 0 aromatic heterocycles. The number of fused-ring (bicyclic) bond motifs is 1. The number of hydrogen-bond donors (Lipinski definition) is 0. The average molecular weight is 352 g/mol. The summed E-state index contributed by atoms with van der Waals surface area (Å²) in [6.45, 7) is 5.52. The lowest BCUT2D eigenvalue weighted by molar-refractivity contribution is 0.0713. The normalized spacial score (nSPS) is 25.7. The van der Waals surface area contributed by atoms with Gasteiger partial charge in [0.1, 0.15) is 0 Å². The Hall–Kier alpha value is -0.910. The van der Waals surface area contributed by atoms with E-state index in [1.54, 1.807) is 11.4 Å². The third kappa shape index (κ3) is 3.39. The van der Waals surface area contributed by atoms with E-state index >= 15 is 0 Å². The predicted octanol–water partition coefficient (Wildman–Crippen LogP) is 3.46. The van der Waals surface area contributed by atoms with E-state index in [9.17, 15) is 8.42 Å². The smallest absolute Gasteiger partial charge is 0.217 e. The van der Waals surface area contributed by atoms with Crippen molar-refractivity contribution in [1.29, 1.82) is 0 Å². The van der Waals surface area contributed by atoms with E-state index in [-0.39, 0.29) is 11.4 Å². The predicted molar refractivity (Wildman–Crippen MR) is 96.6 cm³/mol. The molecule has 1 fully saturated rings. The Labute approximate surface area is 146 Å². The van der Waals surface area contributed by atoms with Crippen LogP contribution < -0.4 is 0 Å². The third-order valence-corrected chi connectivity index (χ3v) is 7.88. The summed E-state index contributed by atoms with van der Waals surface area (Å²) >= 11 is 0. The van der Waals surface area contributed by atoms with Gasteiger partial charge in [0.25, 0.3) is 0 Å².